The van der Waals surface area contributed by atoms with Crippen molar-refractivity contribution < 1.29 is 0 Å². The number of nitrogens with zero attached hydrogens (tertiary/aromatic N) is 4. The first-order chi connectivity index (χ1) is 23.7. The summed E-state index contributed by atoms with van der Waals surface area (Å²) in [5, 5.41) is 0.664. The smallest absolute Gasteiger partial charge is 0.182 e. The van der Waals surface area contributed by atoms with Gasteiger partial charge in [-0.2, -0.15) is 0 Å². The highest BCUT2D eigenvalue weighted by molar-refractivity contribution is 6.30. The van der Waals surface area contributed by atoms with Gasteiger partial charge in [-0.05, 0) is 39.9 Å². The second-order valence-electron chi connectivity index (χ2n) is 11.9. The predicted octanol–water partition coefficient (Wildman–Crippen LogP) is 10.4. The minimum atomic E-state index is -0.838. The summed E-state index contributed by atoms with van der Waals surface area (Å²) in [6, 6.07) is 55.9. The number of aromatic nitrogens is 4. The molecular weight excluding hydrogens is 608 g/mol. The number of fused-ring (bicyclic) bond motifs is 4. The summed E-state index contributed by atoms with van der Waals surface area (Å²) in [6.45, 7) is 0. The summed E-state index contributed by atoms with van der Waals surface area (Å²) in [7, 11) is 0. The van der Waals surface area contributed by atoms with Gasteiger partial charge < -0.3 is 0 Å². The maximum atomic E-state index is 6.84. The van der Waals surface area contributed by atoms with E-state index in [1.165, 1.54) is 0 Å². The Kier molecular flexibility index (Phi) is 6.70. The van der Waals surface area contributed by atoms with Gasteiger partial charge in [-0.15, -0.1) is 0 Å². The molecule has 48 heavy (non-hydrogen) atoms. The third-order valence-corrected chi connectivity index (χ3v) is 9.46. The highest BCUT2D eigenvalue weighted by Gasteiger charge is 2.49. The van der Waals surface area contributed by atoms with E-state index in [1.54, 1.807) is 0 Å². The average molecular weight is 635 g/mol. The van der Waals surface area contributed by atoms with E-state index in [4.69, 9.17) is 31.5 Å². The van der Waals surface area contributed by atoms with Crippen LogP contribution in [0.15, 0.2) is 164 Å². The predicted molar refractivity (Wildman–Crippen MR) is 194 cm³/mol. The first-order valence-electron chi connectivity index (χ1n) is 15.9. The largest absolute Gasteiger partial charge is 0.240 e. The van der Waals surface area contributed by atoms with E-state index in [2.05, 4.69) is 84.9 Å². The average Bonchev–Trinajstić information content (AvgIpc) is 3.45. The molecule has 0 radical (unpaired) electrons. The van der Waals surface area contributed by atoms with Crippen LogP contribution in [-0.4, -0.2) is 19.9 Å². The van der Waals surface area contributed by atoms with Gasteiger partial charge in [0.05, 0.1) is 16.8 Å². The second-order valence-corrected chi connectivity index (χ2v) is 12.4. The summed E-state index contributed by atoms with van der Waals surface area (Å²) in [5.41, 5.74) is 11.0. The van der Waals surface area contributed by atoms with Crippen molar-refractivity contribution in [1.29, 1.82) is 0 Å². The van der Waals surface area contributed by atoms with Crippen LogP contribution in [0, 0.1) is 0 Å². The molecule has 0 N–H and O–H groups in total. The van der Waals surface area contributed by atoms with Gasteiger partial charge in [0, 0.05) is 21.7 Å². The van der Waals surface area contributed by atoms with Crippen molar-refractivity contribution in [3.05, 3.63) is 191 Å². The van der Waals surface area contributed by atoms with E-state index >= 15 is 0 Å². The lowest BCUT2D eigenvalue weighted by Gasteiger charge is -2.34. The van der Waals surface area contributed by atoms with Crippen molar-refractivity contribution in [2.45, 2.75) is 5.41 Å². The summed E-state index contributed by atoms with van der Waals surface area (Å²) in [5.74, 6) is 0.596. The number of rotatable bonds is 5. The van der Waals surface area contributed by atoms with E-state index in [0.717, 1.165) is 61.6 Å². The topological polar surface area (TPSA) is 51.6 Å². The Morgan fingerprint density at radius 2 is 1.00 bits per heavy atom. The van der Waals surface area contributed by atoms with Crippen LogP contribution in [0.2, 0.25) is 5.02 Å². The van der Waals surface area contributed by atoms with E-state index < -0.39 is 5.41 Å². The fourth-order valence-electron chi connectivity index (χ4n) is 7.16. The van der Waals surface area contributed by atoms with Gasteiger partial charge in [0.25, 0.3) is 0 Å². The third-order valence-electron chi connectivity index (χ3n) is 9.23. The number of halogens is 1. The molecule has 1 aliphatic carbocycles. The Morgan fingerprint density at radius 3 is 1.69 bits per heavy atom. The quantitative estimate of drug-likeness (QED) is 0.189. The van der Waals surface area contributed by atoms with Crippen LogP contribution >= 0.6 is 11.6 Å². The Balaban J connectivity index is 1.48. The van der Waals surface area contributed by atoms with E-state index in [9.17, 15) is 0 Å². The molecule has 226 valence electrons. The van der Waals surface area contributed by atoms with Crippen LogP contribution in [0.25, 0.3) is 56.2 Å². The van der Waals surface area contributed by atoms with Crippen LogP contribution in [0.5, 0.6) is 0 Å². The summed E-state index contributed by atoms with van der Waals surface area (Å²) in [6.07, 6.45) is 0. The van der Waals surface area contributed by atoms with Gasteiger partial charge in [-0.3, -0.25) is 0 Å². The molecule has 0 fully saturated rings. The van der Waals surface area contributed by atoms with Gasteiger partial charge in [-0.1, -0.05) is 163 Å². The molecule has 0 spiro atoms. The van der Waals surface area contributed by atoms with E-state index in [-0.39, 0.29) is 0 Å². The summed E-state index contributed by atoms with van der Waals surface area (Å²) in [4.78, 5) is 21.4. The fraction of sp³-hybridized carbons (Fsp3) is 0.0233. The van der Waals surface area contributed by atoms with Crippen LogP contribution in [0.3, 0.4) is 0 Å². The Labute approximate surface area is 283 Å². The molecule has 9 rings (SSSR count). The number of benzene rings is 6. The fourth-order valence-corrected chi connectivity index (χ4v) is 7.33. The molecular formula is C43H27ClN4. The lowest BCUT2D eigenvalue weighted by atomic mass is 9.69. The minimum Gasteiger partial charge on any atom is -0.240 e. The van der Waals surface area contributed by atoms with Crippen molar-refractivity contribution in [3.8, 4) is 45.0 Å². The lowest BCUT2D eigenvalue weighted by molar-refractivity contribution is 0.735. The molecule has 0 saturated carbocycles. The maximum Gasteiger partial charge on any atom is 0.182 e. The highest BCUT2D eigenvalue weighted by Crippen LogP contribution is 2.57. The normalized spacial score (nSPS) is 14.9. The number of hydrogen-bond donors (Lipinski definition) is 0. The lowest BCUT2D eigenvalue weighted by Crippen LogP contribution is -2.31. The molecule has 2 aromatic heterocycles. The van der Waals surface area contributed by atoms with Crippen LogP contribution in [0.1, 0.15) is 22.4 Å². The first kappa shape index (κ1) is 28.3. The zero-order valence-electron chi connectivity index (χ0n) is 25.8. The monoisotopic (exact) mass is 634 g/mol. The minimum absolute atomic E-state index is 0.528. The molecule has 0 saturated heterocycles. The van der Waals surface area contributed by atoms with Crippen LogP contribution < -0.4 is 0 Å². The van der Waals surface area contributed by atoms with Crippen LogP contribution in [0.4, 0.5) is 0 Å². The molecule has 0 bridgehead atoms. The van der Waals surface area contributed by atoms with Crippen molar-refractivity contribution >= 4 is 22.8 Å². The van der Waals surface area contributed by atoms with Gasteiger partial charge in [0.15, 0.2) is 11.5 Å². The zero-order chi connectivity index (χ0) is 32.1. The molecule has 0 aliphatic heterocycles. The van der Waals surface area contributed by atoms with Crippen molar-refractivity contribution in [2.75, 3.05) is 0 Å². The molecule has 2 heterocycles. The Bertz CT molecular complexity index is 2450. The van der Waals surface area contributed by atoms with E-state index in [0.29, 0.717) is 22.0 Å². The van der Waals surface area contributed by atoms with Crippen molar-refractivity contribution in [1.82, 2.24) is 19.9 Å². The Hall–Kier alpha value is -5.97. The summed E-state index contributed by atoms with van der Waals surface area (Å²) < 4.78 is 0. The molecule has 8 aromatic rings. The van der Waals surface area contributed by atoms with Crippen LogP contribution in [-0.2, 0) is 5.41 Å². The first-order valence-corrected chi connectivity index (χ1v) is 16.3. The molecule has 1 atom stereocenters. The van der Waals surface area contributed by atoms with E-state index in [1.807, 2.05) is 78.9 Å². The molecule has 4 nitrogen and oxygen atoms in total. The Morgan fingerprint density at radius 1 is 0.438 bits per heavy atom. The standard InChI is InChI=1S/C43H27ClN4/c44-32-25-26-34-33-23-13-14-24-35(33)43(36(34)27-32,31-21-11-4-12-22-31)40-38(29-17-7-2-8-18-29)45-39-37(28-15-5-1-6-16-28)46-41(48-42(39)47-40)30-19-9-3-10-20-30/h1-27H. The zero-order valence-corrected chi connectivity index (χ0v) is 26.5. The SMILES string of the molecule is Clc1ccc2c(c1)C(c1ccccc1)(c1nc3nc(-c4ccccc4)nc(-c4ccccc4)c3nc1-c1ccccc1)c1ccccc1-2. The highest BCUT2D eigenvalue weighted by atomic mass is 35.5. The van der Waals surface area contributed by atoms with Crippen molar-refractivity contribution in [2.24, 2.45) is 0 Å². The molecule has 1 unspecified atom stereocenters. The summed E-state index contributed by atoms with van der Waals surface area (Å²) >= 11 is 6.84. The van der Waals surface area contributed by atoms with Gasteiger partial charge in [0.2, 0.25) is 0 Å². The number of hydrogen-bond acceptors (Lipinski definition) is 4. The third kappa shape index (κ3) is 4.38. The van der Waals surface area contributed by atoms with Crippen molar-refractivity contribution in [3.63, 3.8) is 0 Å². The van der Waals surface area contributed by atoms with Gasteiger partial charge in [-0.25, -0.2) is 19.9 Å². The molecule has 1 aliphatic rings. The molecule has 5 heteroatoms. The maximum absolute atomic E-state index is 6.84. The molecule has 0 amide bonds. The van der Waals surface area contributed by atoms with Gasteiger partial charge >= 0.3 is 0 Å². The second kappa shape index (κ2) is 11.4. The molecule has 6 aromatic carbocycles. The van der Waals surface area contributed by atoms with Gasteiger partial charge in [0.1, 0.15) is 11.2 Å².